The van der Waals surface area contributed by atoms with Gasteiger partial charge in [0.05, 0.1) is 20.6 Å². The van der Waals surface area contributed by atoms with Gasteiger partial charge in [-0.3, -0.25) is 9.59 Å². The fourth-order valence-electron chi connectivity index (χ4n) is 1.91. The lowest BCUT2D eigenvalue weighted by Gasteiger charge is -2.22. The number of amides is 1. The van der Waals surface area contributed by atoms with Crippen molar-refractivity contribution >= 4 is 11.9 Å². The van der Waals surface area contributed by atoms with Crippen molar-refractivity contribution in [3.8, 4) is 5.75 Å². The van der Waals surface area contributed by atoms with Crippen LogP contribution in [0.25, 0.3) is 0 Å². The summed E-state index contributed by atoms with van der Waals surface area (Å²) in [5.41, 5.74) is 0.594. The minimum Gasteiger partial charge on any atom is -0.497 e. The summed E-state index contributed by atoms with van der Waals surface area (Å²) in [6.45, 7) is 3.08. The standard InChI is InChI=1S/C16H23NO4/c1-4-5-11-17(12-10-15(18)21-3)16(19)13-6-8-14(20-2)9-7-13/h6-9H,4-5,10-12H2,1-3H3. The summed E-state index contributed by atoms with van der Waals surface area (Å²) >= 11 is 0. The molecule has 0 aromatic heterocycles. The minimum absolute atomic E-state index is 0.0741. The molecule has 0 spiro atoms. The van der Waals surface area contributed by atoms with Gasteiger partial charge < -0.3 is 14.4 Å². The largest absolute Gasteiger partial charge is 0.497 e. The topological polar surface area (TPSA) is 55.8 Å². The third-order valence-electron chi connectivity index (χ3n) is 3.22. The molecule has 5 nitrogen and oxygen atoms in total. The van der Waals surface area contributed by atoms with E-state index in [1.165, 1.54) is 7.11 Å². The van der Waals surface area contributed by atoms with Crippen LogP contribution in [0.3, 0.4) is 0 Å². The number of unbranched alkanes of at least 4 members (excludes halogenated alkanes) is 1. The zero-order valence-corrected chi connectivity index (χ0v) is 12.9. The van der Waals surface area contributed by atoms with Crippen molar-refractivity contribution in [2.75, 3.05) is 27.3 Å². The summed E-state index contributed by atoms with van der Waals surface area (Å²) in [5, 5.41) is 0. The van der Waals surface area contributed by atoms with Crippen molar-refractivity contribution in [1.29, 1.82) is 0 Å². The highest BCUT2D eigenvalue weighted by atomic mass is 16.5. The van der Waals surface area contributed by atoms with E-state index < -0.39 is 0 Å². The molecule has 0 aliphatic rings. The normalized spacial score (nSPS) is 10.0. The average molecular weight is 293 g/mol. The molecule has 0 N–H and O–H groups in total. The van der Waals surface area contributed by atoms with Crippen molar-refractivity contribution < 1.29 is 19.1 Å². The quantitative estimate of drug-likeness (QED) is 0.691. The number of carbonyl (C=O) groups is 2. The van der Waals surface area contributed by atoms with Crippen LogP contribution < -0.4 is 4.74 Å². The van der Waals surface area contributed by atoms with Gasteiger partial charge in [-0.2, -0.15) is 0 Å². The van der Waals surface area contributed by atoms with Crippen LogP contribution in [-0.2, 0) is 9.53 Å². The lowest BCUT2D eigenvalue weighted by atomic mass is 10.1. The fourth-order valence-corrected chi connectivity index (χ4v) is 1.91. The first-order valence-electron chi connectivity index (χ1n) is 7.12. The number of carbonyl (C=O) groups excluding carboxylic acids is 2. The van der Waals surface area contributed by atoms with Gasteiger partial charge in [0.1, 0.15) is 5.75 Å². The van der Waals surface area contributed by atoms with Gasteiger partial charge in [-0.25, -0.2) is 0 Å². The Bertz CT molecular complexity index is 456. The van der Waals surface area contributed by atoms with Crippen LogP contribution in [-0.4, -0.2) is 44.1 Å². The van der Waals surface area contributed by atoms with Gasteiger partial charge >= 0.3 is 5.97 Å². The Morgan fingerprint density at radius 3 is 2.29 bits per heavy atom. The Balaban J connectivity index is 2.74. The lowest BCUT2D eigenvalue weighted by molar-refractivity contribution is -0.140. The number of methoxy groups -OCH3 is 2. The van der Waals surface area contributed by atoms with Crippen molar-refractivity contribution in [3.05, 3.63) is 29.8 Å². The highest BCUT2D eigenvalue weighted by molar-refractivity contribution is 5.94. The number of ether oxygens (including phenoxy) is 2. The maximum absolute atomic E-state index is 12.5. The summed E-state index contributed by atoms with van der Waals surface area (Å²) < 4.78 is 9.71. The Labute approximate surface area is 125 Å². The van der Waals surface area contributed by atoms with E-state index in [4.69, 9.17) is 4.74 Å². The molecule has 116 valence electrons. The number of esters is 1. The Hall–Kier alpha value is -2.04. The highest BCUT2D eigenvalue weighted by Crippen LogP contribution is 2.14. The second kappa shape index (κ2) is 9.00. The molecule has 0 saturated heterocycles. The fraction of sp³-hybridized carbons (Fsp3) is 0.500. The summed E-state index contributed by atoms with van der Waals surface area (Å²) in [4.78, 5) is 25.4. The maximum Gasteiger partial charge on any atom is 0.307 e. The SMILES string of the molecule is CCCCN(CCC(=O)OC)C(=O)c1ccc(OC)cc1. The Morgan fingerprint density at radius 2 is 1.76 bits per heavy atom. The predicted octanol–water partition coefficient (Wildman–Crippen LogP) is 2.50. The summed E-state index contributed by atoms with van der Waals surface area (Å²) in [6, 6.07) is 6.98. The molecule has 0 aliphatic heterocycles. The molecule has 1 aromatic rings. The van der Waals surface area contributed by atoms with Gasteiger partial charge in [-0.1, -0.05) is 13.3 Å². The van der Waals surface area contributed by atoms with Crippen molar-refractivity contribution in [1.82, 2.24) is 4.90 Å². The molecule has 0 unspecified atom stereocenters. The van der Waals surface area contributed by atoms with Gasteiger partial charge in [0, 0.05) is 18.7 Å². The molecule has 1 aromatic carbocycles. The van der Waals surface area contributed by atoms with Crippen LogP contribution in [0.15, 0.2) is 24.3 Å². The van der Waals surface area contributed by atoms with E-state index in [-0.39, 0.29) is 18.3 Å². The van der Waals surface area contributed by atoms with Crippen LogP contribution >= 0.6 is 0 Å². The summed E-state index contributed by atoms with van der Waals surface area (Å²) in [7, 11) is 2.94. The third-order valence-corrected chi connectivity index (χ3v) is 3.22. The van der Waals surface area contributed by atoms with Crippen molar-refractivity contribution in [2.45, 2.75) is 26.2 Å². The number of hydrogen-bond donors (Lipinski definition) is 0. The van der Waals surface area contributed by atoms with Gasteiger partial charge in [0.25, 0.3) is 5.91 Å². The summed E-state index contributed by atoms with van der Waals surface area (Å²) in [5.74, 6) is 0.329. The third kappa shape index (κ3) is 5.45. The number of hydrogen-bond acceptors (Lipinski definition) is 4. The second-order valence-corrected chi connectivity index (χ2v) is 4.70. The molecular weight excluding hydrogens is 270 g/mol. The van der Waals surface area contributed by atoms with E-state index in [0.29, 0.717) is 24.4 Å². The minimum atomic E-state index is -0.306. The molecule has 0 fully saturated rings. The number of benzene rings is 1. The molecule has 0 radical (unpaired) electrons. The highest BCUT2D eigenvalue weighted by Gasteiger charge is 2.16. The molecule has 0 aliphatic carbocycles. The molecule has 5 heteroatoms. The summed E-state index contributed by atoms with van der Waals surface area (Å²) in [6.07, 6.45) is 2.11. The van der Waals surface area contributed by atoms with E-state index in [0.717, 1.165) is 12.8 Å². The number of nitrogens with zero attached hydrogens (tertiary/aromatic N) is 1. The van der Waals surface area contributed by atoms with Gasteiger partial charge in [0.2, 0.25) is 0 Å². The zero-order chi connectivity index (χ0) is 15.7. The van der Waals surface area contributed by atoms with Gasteiger partial charge in [-0.05, 0) is 30.7 Å². The Kier molecular flexibility index (Phi) is 7.29. The van der Waals surface area contributed by atoms with E-state index in [9.17, 15) is 9.59 Å². The first-order chi connectivity index (χ1) is 10.1. The molecular formula is C16H23NO4. The number of rotatable bonds is 8. The smallest absolute Gasteiger partial charge is 0.307 e. The maximum atomic E-state index is 12.5. The molecule has 1 rings (SSSR count). The molecule has 0 bridgehead atoms. The van der Waals surface area contributed by atoms with Crippen LogP contribution in [0.2, 0.25) is 0 Å². The molecule has 0 atom stereocenters. The molecule has 0 heterocycles. The van der Waals surface area contributed by atoms with E-state index in [2.05, 4.69) is 11.7 Å². The molecule has 21 heavy (non-hydrogen) atoms. The second-order valence-electron chi connectivity index (χ2n) is 4.70. The molecule has 0 saturated carbocycles. The average Bonchev–Trinajstić information content (AvgIpc) is 2.54. The molecule has 1 amide bonds. The van der Waals surface area contributed by atoms with E-state index in [1.54, 1.807) is 36.3 Å². The monoisotopic (exact) mass is 293 g/mol. The predicted molar refractivity (Wildman–Crippen MR) is 80.4 cm³/mol. The van der Waals surface area contributed by atoms with Crippen LogP contribution in [0, 0.1) is 0 Å². The van der Waals surface area contributed by atoms with Crippen LogP contribution in [0.1, 0.15) is 36.5 Å². The van der Waals surface area contributed by atoms with Crippen molar-refractivity contribution in [3.63, 3.8) is 0 Å². The van der Waals surface area contributed by atoms with E-state index >= 15 is 0 Å². The first-order valence-corrected chi connectivity index (χ1v) is 7.12. The van der Waals surface area contributed by atoms with Crippen LogP contribution in [0.5, 0.6) is 5.75 Å². The van der Waals surface area contributed by atoms with Gasteiger partial charge in [-0.15, -0.1) is 0 Å². The zero-order valence-electron chi connectivity index (χ0n) is 12.9. The Morgan fingerprint density at radius 1 is 1.10 bits per heavy atom. The lowest BCUT2D eigenvalue weighted by Crippen LogP contribution is -2.34. The van der Waals surface area contributed by atoms with Gasteiger partial charge in [0.15, 0.2) is 0 Å². The van der Waals surface area contributed by atoms with Crippen LogP contribution in [0.4, 0.5) is 0 Å². The van der Waals surface area contributed by atoms with Crippen molar-refractivity contribution in [2.24, 2.45) is 0 Å². The van der Waals surface area contributed by atoms with E-state index in [1.807, 2.05) is 0 Å². The first kappa shape index (κ1) is 17.0.